The van der Waals surface area contributed by atoms with E-state index in [-0.39, 0.29) is 0 Å². The highest BCUT2D eigenvalue weighted by atomic mass is 19.4. The molecule has 138 valence electrons. The smallest absolute Gasteiger partial charge is 0.346 e. The van der Waals surface area contributed by atoms with Crippen LogP contribution in [0.4, 0.5) is 13.2 Å². The number of aliphatic hydroxyl groups excluding tert-OH is 1. The van der Waals surface area contributed by atoms with Crippen LogP contribution in [-0.2, 0) is 17.3 Å². The highest BCUT2D eigenvalue weighted by molar-refractivity contribution is 5.25. The molecule has 1 atom stereocenters. The van der Waals surface area contributed by atoms with Crippen LogP contribution in [0.1, 0.15) is 63.0 Å². The van der Waals surface area contributed by atoms with E-state index in [4.69, 9.17) is 14.9 Å². The van der Waals surface area contributed by atoms with Crippen LogP contribution in [0.2, 0.25) is 0 Å². The van der Waals surface area contributed by atoms with Gasteiger partial charge in [0.05, 0.1) is 11.7 Å². The zero-order chi connectivity index (χ0) is 18.0. The van der Waals surface area contributed by atoms with E-state index in [1.807, 2.05) is 0 Å². The van der Waals surface area contributed by atoms with Crippen molar-refractivity contribution in [1.82, 2.24) is 0 Å². The van der Waals surface area contributed by atoms with Gasteiger partial charge in [0.15, 0.2) is 0 Å². The quantitative estimate of drug-likeness (QED) is 0.452. The zero-order valence-corrected chi connectivity index (χ0v) is 14.1. The summed E-state index contributed by atoms with van der Waals surface area (Å²) in [6.45, 7) is 0.279. The number of unbranched alkanes of at least 4 members (excludes halogenated alkanes) is 5. The fraction of sp³-hybridized carbons (Fsp3) is 0.667. The Morgan fingerprint density at radius 3 is 2.08 bits per heavy atom. The minimum atomic E-state index is -4.35. The molecular weight excluding hydrogens is 321 g/mol. The average molecular weight is 348 g/mol. The van der Waals surface area contributed by atoms with E-state index in [2.05, 4.69) is 6.92 Å². The van der Waals surface area contributed by atoms with Crippen LogP contribution in [0.5, 0.6) is 0 Å². The molecule has 0 aliphatic rings. The van der Waals surface area contributed by atoms with Crippen molar-refractivity contribution in [2.75, 3.05) is 0 Å². The number of hydrogen-bond donors (Lipinski definition) is 2. The lowest BCUT2D eigenvalue weighted by molar-refractivity contribution is -0.256. The van der Waals surface area contributed by atoms with E-state index in [1.54, 1.807) is 0 Å². The summed E-state index contributed by atoms with van der Waals surface area (Å²) >= 11 is 0. The number of halogens is 3. The molecule has 24 heavy (non-hydrogen) atoms. The number of alkyl halides is 3. The molecule has 0 fully saturated rings. The van der Waals surface area contributed by atoms with E-state index < -0.39 is 24.3 Å². The monoisotopic (exact) mass is 348 g/mol. The highest BCUT2D eigenvalue weighted by Gasteiger charge is 2.30. The van der Waals surface area contributed by atoms with Gasteiger partial charge in [0.25, 0.3) is 6.48 Å². The Bertz CT molecular complexity index is 444. The van der Waals surface area contributed by atoms with Crippen LogP contribution in [-0.4, -0.2) is 22.8 Å². The Balaban J connectivity index is 2.49. The summed E-state index contributed by atoms with van der Waals surface area (Å²) < 4.78 is 42.7. The van der Waals surface area contributed by atoms with Crippen molar-refractivity contribution in [1.29, 1.82) is 0 Å². The average Bonchev–Trinajstić information content (AvgIpc) is 2.49. The number of rotatable bonds is 11. The molecule has 0 amide bonds. The Morgan fingerprint density at radius 2 is 1.54 bits per heavy atom. The largest absolute Gasteiger partial charge is 0.416 e. The van der Waals surface area contributed by atoms with Crippen molar-refractivity contribution in [2.24, 2.45) is 0 Å². The molecule has 0 spiro atoms. The first-order chi connectivity index (χ1) is 11.3. The van der Waals surface area contributed by atoms with Gasteiger partial charge in [-0.05, 0) is 30.5 Å². The minimum absolute atomic E-state index is 0.352. The van der Waals surface area contributed by atoms with Gasteiger partial charge in [-0.15, -0.1) is 0 Å². The SMILES string of the molecule is CCCCCCCCC(Cc1ccc(C(F)(F)F)cc1)OC(O)O. The van der Waals surface area contributed by atoms with Crippen LogP contribution in [0.3, 0.4) is 0 Å². The summed E-state index contributed by atoms with van der Waals surface area (Å²) in [4.78, 5) is 0. The third kappa shape index (κ3) is 8.66. The Kier molecular flexibility index (Phi) is 9.33. The molecule has 0 bridgehead atoms. The minimum Gasteiger partial charge on any atom is -0.346 e. The molecule has 3 nitrogen and oxygen atoms in total. The highest BCUT2D eigenvalue weighted by Crippen LogP contribution is 2.29. The van der Waals surface area contributed by atoms with Crippen molar-refractivity contribution in [3.63, 3.8) is 0 Å². The van der Waals surface area contributed by atoms with Gasteiger partial charge in [0, 0.05) is 0 Å². The van der Waals surface area contributed by atoms with Gasteiger partial charge in [-0.3, -0.25) is 0 Å². The third-order valence-electron chi connectivity index (χ3n) is 3.94. The zero-order valence-electron chi connectivity index (χ0n) is 14.1. The van der Waals surface area contributed by atoms with Crippen LogP contribution in [0.15, 0.2) is 24.3 Å². The van der Waals surface area contributed by atoms with Gasteiger partial charge in [-0.1, -0.05) is 57.6 Å². The second-order valence-corrected chi connectivity index (χ2v) is 6.04. The molecule has 0 aromatic heterocycles. The molecule has 1 rings (SSSR count). The fourth-order valence-corrected chi connectivity index (χ4v) is 2.64. The molecule has 2 N–H and O–H groups in total. The van der Waals surface area contributed by atoms with E-state index >= 15 is 0 Å². The lowest BCUT2D eigenvalue weighted by atomic mass is 10.0. The maximum absolute atomic E-state index is 12.6. The van der Waals surface area contributed by atoms with E-state index in [1.165, 1.54) is 31.4 Å². The first kappa shape index (κ1) is 20.9. The molecule has 1 unspecified atom stereocenters. The lowest BCUT2D eigenvalue weighted by Gasteiger charge is -2.19. The van der Waals surface area contributed by atoms with Crippen LogP contribution < -0.4 is 0 Å². The second-order valence-electron chi connectivity index (χ2n) is 6.04. The van der Waals surface area contributed by atoms with Crippen molar-refractivity contribution in [2.45, 2.75) is 77.0 Å². The maximum atomic E-state index is 12.6. The third-order valence-corrected chi connectivity index (χ3v) is 3.94. The van der Waals surface area contributed by atoms with E-state index in [0.717, 1.165) is 31.4 Å². The van der Waals surface area contributed by atoms with Gasteiger partial charge < -0.3 is 14.9 Å². The molecule has 0 aliphatic carbocycles. The van der Waals surface area contributed by atoms with Crippen molar-refractivity contribution < 1.29 is 28.1 Å². The van der Waals surface area contributed by atoms with Crippen LogP contribution in [0.25, 0.3) is 0 Å². The molecule has 0 saturated carbocycles. The van der Waals surface area contributed by atoms with E-state index in [0.29, 0.717) is 18.4 Å². The standard InChI is InChI=1S/C18H27F3O3/c1-2-3-4-5-6-7-8-16(24-17(22)23)13-14-9-11-15(12-10-14)18(19,20)21/h9-12,16-17,22-23H,2-8,13H2,1H3. The Hall–Kier alpha value is -1.11. The van der Waals surface area contributed by atoms with Crippen molar-refractivity contribution in [3.8, 4) is 0 Å². The number of aliphatic hydroxyl groups is 2. The summed E-state index contributed by atoms with van der Waals surface area (Å²) in [7, 11) is 0. The van der Waals surface area contributed by atoms with Crippen molar-refractivity contribution in [3.05, 3.63) is 35.4 Å². The maximum Gasteiger partial charge on any atom is 0.416 e. The van der Waals surface area contributed by atoms with E-state index in [9.17, 15) is 13.2 Å². The normalized spacial score (nSPS) is 13.5. The molecule has 1 aromatic rings. The molecule has 0 heterocycles. The first-order valence-corrected chi connectivity index (χ1v) is 8.50. The summed E-state index contributed by atoms with van der Waals surface area (Å²) in [5, 5.41) is 18.0. The molecule has 0 radical (unpaired) electrons. The van der Waals surface area contributed by atoms with Crippen LogP contribution in [0, 0.1) is 0 Å². The first-order valence-electron chi connectivity index (χ1n) is 8.50. The molecular formula is C18H27F3O3. The van der Waals surface area contributed by atoms with Gasteiger partial charge in [-0.2, -0.15) is 13.2 Å². The van der Waals surface area contributed by atoms with Gasteiger partial charge in [0.2, 0.25) is 0 Å². The Morgan fingerprint density at radius 1 is 0.958 bits per heavy atom. The summed E-state index contributed by atoms with van der Waals surface area (Å²) in [6, 6.07) is 4.88. The van der Waals surface area contributed by atoms with Gasteiger partial charge >= 0.3 is 6.18 Å². The topological polar surface area (TPSA) is 49.7 Å². The summed E-state index contributed by atoms with van der Waals surface area (Å²) in [6.07, 6.45) is 2.84. The number of benzene rings is 1. The summed E-state index contributed by atoms with van der Waals surface area (Å²) in [5.41, 5.74) is -0.0125. The van der Waals surface area contributed by atoms with Crippen LogP contribution >= 0.6 is 0 Å². The summed E-state index contributed by atoms with van der Waals surface area (Å²) in [5.74, 6) is 0. The van der Waals surface area contributed by atoms with Gasteiger partial charge in [-0.25, -0.2) is 0 Å². The lowest BCUT2D eigenvalue weighted by Crippen LogP contribution is -2.23. The second kappa shape index (κ2) is 10.7. The van der Waals surface area contributed by atoms with Crippen molar-refractivity contribution >= 4 is 0 Å². The number of hydrogen-bond acceptors (Lipinski definition) is 3. The predicted octanol–water partition coefficient (Wildman–Crippen LogP) is 4.65. The predicted molar refractivity (Wildman–Crippen MR) is 86.2 cm³/mol. The fourth-order valence-electron chi connectivity index (χ4n) is 2.64. The molecule has 1 aromatic carbocycles. The molecule has 6 heteroatoms. The molecule has 0 saturated heterocycles. The number of ether oxygens (including phenoxy) is 1. The molecule has 0 aliphatic heterocycles. The Labute approximate surface area is 141 Å². The van der Waals surface area contributed by atoms with Gasteiger partial charge in [0.1, 0.15) is 0 Å².